The van der Waals surface area contributed by atoms with Crippen LogP contribution in [0.1, 0.15) is 39.0 Å². The van der Waals surface area contributed by atoms with Crippen LogP contribution in [-0.4, -0.2) is 21.0 Å². The van der Waals surface area contributed by atoms with Gasteiger partial charge in [0, 0.05) is 6.04 Å². The number of halogens is 2. The van der Waals surface area contributed by atoms with E-state index in [1.165, 1.54) is 19.3 Å². The molecule has 2 unspecified atom stereocenters. The number of nitrogens with one attached hydrogen (secondary N) is 1. The van der Waals surface area contributed by atoms with Gasteiger partial charge in [-0.3, -0.25) is 0 Å². The molecule has 0 aromatic carbocycles. The summed E-state index contributed by atoms with van der Waals surface area (Å²) in [5, 5.41) is 3.56. The molecule has 1 heterocycles. The topological polar surface area (TPSA) is 50.7 Å². The van der Waals surface area contributed by atoms with Gasteiger partial charge in [-0.2, -0.15) is 15.0 Å². The second kappa shape index (κ2) is 5.83. The van der Waals surface area contributed by atoms with Crippen molar-refractivity contribution in [1.82, 2.24) is 15.0 Å². The van der Waals surface area contributed by atoms with Crippen molar-refractivity contribution in [2.45, 2.75) is 45.1 Å². The predicted molar refractivity (Wildman–Crippen MR) is 69.5 cm³/mol. The zero-order chi connectivity index (χ0) is 12.3. The molecule has 2 rings (SSSR count). The fourth-order valence-electron chi connectivity index (χ4n) is 2.20. The third-order valence-electron chi connectivity index (χ3n) is 3.17. The van der Waals surface area contributed by atoms with Gasteiger partial charge in [0.1, 0.15) is 0 Å². The molecule has 1 aromatic heterocycles. The van der Waals surface area contributed by atoms with Gasteiger partial charge in [0.25, 0.3) is 0 Å². The second-order valence-corrected chi connectivity index (χ2v) is 5.33. The lowest BCUT2D eigenvalue weighted by Gasteiger charge is -2.16. The molecule has 0 bridgehead atoms. The van der Waals surface area contributed by atoms with E-state index < -0.39 is 0 Å². The van der Waals surface area contributed by atoms with Crippen molar-refractivity contribution in [1.29, 1.82) is 0 Å². The molecule has 1 aliphatic rings. The summed E-state index contributed by atoms with van der Waals surface area (Å²) in [5.41, 5.74) is 0. The highest BCUT2D eigenvalue weighted by molar-refractivity contribution is 6.31. The van der Waals surface area contributed by atoms with Crippen LogP contribution in [0.2, 0.25) is 10.6 Å². The molecule has 6 heteroatoms. The van der Waals surface area contributed by atoms with E-state index in [1.54, 1.807) is 0 Å². The van der Waals surface area contributed by atoms with Crippen molar-refractivity contribution in [3.05, 3.63) is 10.6 Å². The fourth-order valence-corrected chi connectivity index (χ4v) is 2.57. The summed E-state index contributed by atoms with van der Waals surface area (Å²) in [7, 11) is 0. The van der Waals surface area contributed by atoms with Gasteiger partial charge in [-0.15, -0.1) is 0 Å². The standard InChI is InChI=1S/C11H16Cl2N4/c1-7-3-2-4-8(6-5-7)14-11-16-9(12)15-10(13)17-11/h7-8H,2-6H2,1H3,(H,14,15,16,17). The summed E-state index contributed by atoms with van der Waals surface area (Å²) in [6.45, 7) is 2.30. The van der Waals surface area contributed by atoms with E-state index in [4.69, 9.17) is 23.2 Å². The van der Waals surface area contributed by atoms with E-state index in [2.05, 4.69) is 27.2 Å². The molecule has 2 atom stereocenters. The minimum atomic E-state index is 0.134. The van der Waals surface area contributed by atoms with Crippen molar-refractivity contribution in [2.24, 2.45) is 5.92 Å². The van der Waals surface area contributed by atoms with E-state index in [-0.39, 0.29) is 10.6 Å². The average molecular weight is 275 g/mol. The zero-order valence-corrected chi connectivity index (χ0v) is 11.3. The molecule has 0 aliphatic heterocycles. The summed E-state index contributed by atoms with van der Waals surface area (Å²) in [6, 6.07) is 0.412. The maximum atomic E-state index is 5.74. The van der Waals surface area contributed by atoms with Gasteiger partial charge < -0.3 is 5.32 Å². The highest BCUT2D eigenvalue weighted by atomic mass is 35.5. The molecule has 0 saturated heterocycles. The van der Waals surface area contributed by atoms with Gasteiger partial charge in [0.15, 0.2) is 0 Å². The van der Waals surface area contributed by atoms with Crippen LogP contribution in [0, 0.1) is 5.92 Å². The average Bonchev–Trinajstić information content (AvgIpc) is 2.42. The van der Waals surface area contributed by atoms with E-state index in [1.807, 2.05) is 0 Å². The molecule has 0 radical (unpaired) electrons. The molecule has 1 fully saturated rings. The third-order valence-corrected chi connectivity index (χ3v) is 3.51. The number of rotatable bonds is 2. The molecule has 1 saturated carbocycles. The van der Waals surface area contributed by atoms with Crippen LogP contribution in [0.5, 0.6) is 0 Å². The van der Waals surface area contributed by atoms with E-state index in [9.17, 15) is 0 Å². The molecule has 1 aliphatic carbocycles. The molecule has 17 heavy (non-hydrogen) atoms. The van der Waals surface area contributed by atoms with E-state index >= 15 is 0 Å². The summed E-state index contributed by atoms with van der Waals surface area (Å²) >= 11 is 11.5. The molecule has 94 valence electrons. The Hall–Kier alpha value is -0.610. The van der Waals surface area contributed by atoms with Crippen LogP contribution in [-0.2, 0) is 0 Å². The van der Waals surface area contributed by atoms with Crippen molar-refractivity contribution < 1.29 is 0 Å². The maximum Gasteiger partial charge on any atom is 0.228 e. The first-order chi connectivity index (χ1) is 8.13. The van der Waals surface area contributed by atoms with Gasteiger partial charge in [0.2, 0.25) is 16.5 Å². The first-order valence-corrected chi connectivity index (χ1v) is 6.72. The zero-order valence-electron chi connectivity index (χ0n) is 9.79. The number of hydrogen-bond acceptors (Lipinski definition) is 4. The summed E-state index contributed by atoms with van der Waals surface area (Å²) < 4.78 is 0. The van der Waals surface area contributed by atoms with Crippen molar-refractivity contribution in [3.63, 3.8) is 0 Å². The molecule has 4 nitrogen and oxygen atoms in total. The first kappa shape index (κ1) is 12.8. The molecular weight excluding hydrogens is 259 g/mol. The lowest BCUT2D eigenvalue weighted by Crippen LogP contribution is -2.20. The molecule has 0 amide bonds. The smallest absolute Gasteiger partial charge is 0.228 e. The Balaban J connectivity index is 1.99. The van der Waals surface area contributed by atoms with Gasteiger partial charge in [-0.05, 0) is 48.4 Å². The van der Waals surface area contributed by atoms with Crippen molar-refractivity contribution in [3.8, 4) is 0 Å². The van der Waals surface area contributed by atoms with Gasteiger partial charge in [0.05, 0.1) is 0 Å². The van der Waals surface area contributed by atoms with Crippen LogP contribution >= 0.6 is 23.2 Å². The van der Waals surface area contributed by atoms with E-state index in [0.29, 0.717) is 12.0 Å². The summed E-state index contributed by atoms with van der Waals surface area (Å²) in [6.07, 6.45) is 6.07. The fraction of sp³-hybridized carbons (Fsp3) is 0.727. The van der Waals surface area contributed by atoms with Gasteiger partial charge in [-0.25, -0.2) is 0 Å². The molecular formula is C11H16Cl2N4. The number of anilines is 1. The highest BCUT2D eigenvalue weighted by Crippen LogP contribution is 2.24. The Bertz CT molecular complexity index is 365. The van der Waals surface area contributed by atoms with Crippen LogP contribution in [0.4, 0.5) is 5.95 Å². The van der Waals surface area contributed by atoms with Crippen molar-refractivity contribution in [2.75, 3.05) is 5.32 Å². The monoisotopic (exact) mass is 274 g/mol. The van der Waals surface area contributed by atoms with Gasteiger partial charge in [-0.1, -0.05) is 19.8 Å². The third kappa shape index (κ3) is 3.96. The number of nitrogens with zero attached hydrogens (tertiary/aromatic N) is 3. The SMILES string of the molecule is CC1CCCC(Nc2nc(Cl)nc(Cl)n2)CC1. The largest absolute Gasteiger partial charge is 0.351 e. The first-order valence-electron chi connectivity index (χ1n) is 5.97. The normalized spacial score (nSPS) is 25.4. The Morgan fingerprint density at radius 1 is 1.00 bits per heavy atom. The van der Waals surface area contributed by atoms with Crippen LogP contribution in [0.25, 0.3) is 0 Å². The number of hydrogen-bond donors (Lipinski definition) is 1. The Labute approximate surface area is 111 Å². The van der Waals surface area contributed by atoms with Crippen LogP contribution in [0.3, 0.4) is 0 Å². The summed E-state index contributed by atoms with van der Waals surface area (Å²) in [4.78, 5) is 11.8. The minimum Gasteiger partial charge on any atom is -0.351 e. The Kier molecular flexibility index (Phi) is 4.40. The second-order valence-electron chi connectivity index (χ2n) is 4.65. The number of aromatic nitrogens is 3. The summed E-state index contributed by atoms with van der Waals surface area (Å²) in [5.74, 6) is 1.29. The van der Waals surface area contributed by atoms with Crippen molar-refractivity contribution >= 4 is 29.2 Å². The molecule has 0 spiro atoms. The van der Waals surface area contributed by atoms with E-state index in [0.717, 1.165) is 18.8 Å². The molecule has 1 N–H and O–H groups in total. The predicted octanol–water partition coefficient (Wildman–Crippen LogP) is 3.56. The van der Waals surface area contributed by atoms with Crippen LogP contribution < -0.4 is 5.32 Å². The maximum absolute atomic E-state index is 5.74. The van der Waals surface area contributed by atoms with Crippen LogP contribution in [0.15, 0.2) is 0 Å². The Morgan fingerprint density at radius 3 is 2.41 bits per heavy atom. The minimum absolute atomic E-state index is 0.134. The quantitative estimate of drug-likeness (QED) is 0.838. The highest BCUT2D eigenvalue weighted by Gasteiger charge is 2.17. The molecule has 1 aromatic rings. The van der Waals surface area contributed by atoms with Gasteiger partial charge >= 0.3 is 0 Å². The lowest BCUT2D eigenvalue weighted by molar-refractivity contribution is 0.501. The Morgan fingerprint density at radius 2 is 1.71 bits per heavy atom. The lowest BCUT2D eigenvalue weighted by atomic mass is 10.0.